The van der Waals surface area contributed by atoms with Gasteiger partial charge >= 0.3 is 0 Å². The van der Waals surface area contributed by atoms with E-state index in [4.69, 9.17) is 16.3 Å². The summed E-state index contributed by atoms with van der Waals surface area (Å²) in [5.41, 5.74) is 1.64. The van der Waals surface area contributed by atoms with Gasteiger partial charge in [-0.05, 0) is 13.0 Å². The number of aryl methyl sites for hydroxylation is 1. The van der Waals surface area contributed by atoms with E-state index in [0.717, 1.165) is 17.1 Å². The van der Waals surface area contributed by atoms with Crippen LogP contribution in [0.2, 0.25) is 5.02 Å². The third-order valence-electron chi connectivity index (χ3n) is 3.20. The Bertz CT molecular complexity index is 814. The molecule has 3 rings (SSSR count). The van der Waals surface area contributed by atoms with Crippen LogP contribution in [-0.2, 0) is 6.61 Å². The van der Waals surface area contributed by atoms with Crippen molar-refractivity contribution in [3.05, 3.63) is 52.3 Å². The van der Waals surface area contributed by atoms with Gasteiger partial charge in [0.2, 0.25) is 0 Å². The molecule has 0 fully saturated rings. The SMILES string of the molecule is Cc1nonc1COc1c(C=O)cc(Cl)c2ccccc12. The van der Waals surface area contributed by atoms with Gasteiger partial charge in [-0.2, -0.15) is 0 Å². The molecule has 0 bridgehead atoms. The molecule has 0 N–H and O–H groups in total. The van der Waals surface area contributed by atoms with Crippen molar-refractivity contribution in [1.29, 1.82) is 0 Å². The predicted molar refractivity (Wildman–Crippen MR) is 77.7 cm³/mol. The van der Waals surface area contributed by atoms with E-state index in [-0.39, 0.29) is 6.61 Å². The molecule has 0 amide bonds. The number of fused-ring (bicyclic) bond motifs is 1. The first-order valence-corrected chi connectivity index (χ1v) is 6.65. The van der Waals surface area contributed by atoms with E-state index in [1.165, 1.54) is 0 Å². The molecule has 0 saturated heterocycles. The third-order valence-corrected chi connectivity index (χ3v) is 3.51. The molecule has 0 aliphatic rings. The fourth-order valence-electron chi connectivity index (χ4n) is 2.09. The Balaban J connectivity index is 2.06. The smallest absolute Gasteiger partial charge is 0.153 e. The number of carbonyl (C=O) groups excluding carboxylic acids is 1. The molecule has 0 radical (unpaired) electrons. The molecule has 106 valence electrons. The van der Waals surface area contributed by atoms with Gasteiger partial charge in [0.1, 0.15) is 23.7 Å². The summed E-state index contributed by atoms with van der Waals surface area (Å²) in [7, 11) is 0. The highest BCUT2D eigenvalue weighted by Crippen LogP contribution is 2.34. The molecule has 21 heavy (non-hydrogen) atoms. The summed E-state index contributed by atoms with van der Waals surface area (Å²) in [6.07, 6.45) is 0.724. The van der Waals surface area contributed by atoms with E-state index in [0.29, 0.717) is 27.7 Å². The molecule has 2 aromatic carbocycles. The highest BCUT2D eigenvalue weighted by Gasteiger charge is 2.14. The number of benzene rings is 2. The van der Waals surface area contributed by atoms with Crippen LogP contribution in [0.15, 0.2) is 35.0 Å². The van der Waals surface area contributed by atoms with Crippen molar-refractivity contribution in [3.63, 3.8) is 0 Å². The van der Waals surface area contributed by atoms with Gasteiger partial charge in [0.05, 0.1) is 5.56 Å². The van der Waals surface area contributed by atoms with Crippen molar-refractivity contribution in [2.75, 3.05) is 0 Å². The monoisotopic (exact) mass is 302 g/mol. The number of carbonyl (C=O) groups is 1. The van der Waals surface area contributed by atoms with Crippen LogP contribution < -0.4 is 4.74 Å². The molecule has 3 aromatic rings. The number of rotatable bonds is 4. The van der Waals surface area contributed by atoms with Crippen LogP contribution in [0.3, 0.4) is 0 Å². The van der Waals surface area contributed by atoms with Crippen LogP contribution in [0.4, 0.5) is 0 Å². The third kappa shape index (κ3) is 2.48. The topological polar surface area (TPSA) is 65.2 Å². The second-order valence-corrected chi connectivity index (χ2v) is 4.93. The average Bonchev–Trinajstić information content (AvgIpc) is 2.91. The molecular weight excluding hydrogens is 292 g/mol. The number of ether oxygens (including phenoxy) is 1. The quantitative estimate of drug-likeness (QED) is 0.689. The number of hydrogen-bond acceptors (Lipinski definition) is 5. The second-order valence-electron chi connectivity index (χ2n) is 4.53. The van der Waals surface area contributed by atoms with Crippen molar-refractivity contribution in [1.82, 2.24) is 10.3 Å². The number of aromatic nitrogens is 2. The molecule has 1 aromatic heterocycles. The maximum absolute atomic E-state index is 11.3. The van der Waals surface area contributed by atoms with E-state index >= 15 is 0 Å². The molecule has 1 heterocycles. The Kier molecular flexibility index (Phi) is 3.58. The minimum atomic E-state index is 0.168. The minimum absolute atomic E-state index is 0.168. The molecule has 0 atom stereocenters. The van der Waals surface area contributed by atoms with Crippen LogP contribution in [-0.4, -0.2) is 16.6 Å². The molecule has 0 unspecified atom stereocenters. The van der Waals surface area contributed by atoms with Crippen molar-refractivity contribution >= 4 is 28.7 Å². The molecule has 0 spiro atoms. The molecule has 5 nitrogen and oxygen atoms in total. The van der Waals surface area contributed by atoms with E-state index in [1.807, 2.05) is 24.3 Å². The van der Waals surface area contributed by atoms with Gasteiger partial charge in [0, 0.05) is 15.8 Å². The summed E-state index contributed by atoms with van der Waals surface area (Å²) in [6.45, 7) is 1.94. The maximum atomic E-state index is 11.3. The van der Waals surface area contributed by atoms with Gasteiger partial charge in [0.15, 0.2) is 6.29 Å². The average molecular weight is 303 g/mol. The lowest BCUT2D eigenvalue weighted by molar-refractivity contribution is 0.111. The Morgan fingerprint density at radius 2 is 2.05 bits per heavy atom. The fraction of sp³-hybridized carbons (Fsp3) is 0.133. The van der Waals surface area contributed by atoms with Gasteiger partial charge in [-0.1, -0.05) is 46.2 Å². The van der Waals surface area contributed by atoms with Crippen LogP contribution in [0.1, 0.15) is 21.7 Å². The largest absolute Gasteiger partial charge is 0.486 e. The van der Waals surface area contributed by atoms with Crippen LogP contribution >= 0.6 is 11.6 Å². The van der Waals surface area contributed by atoms with Crippen molar-refractivity contribution in [2.24, 2.45) is 0 Å². The molecule has 0 saturated carbocycles. The summed E-state index contributed by atoms with van der Waals surface area (Å²) in [5, 5.41) is 9.57. The number of aldehydes is 1. The summed E-state index contributed by atoms with van der Waals surface area (Å²) in [6, 6.07) is 9.08. The Morgan fingerprint density at radius 1 is 1.29 bits per heavy atom. The van der Waals surface area contributed by atoms with Crippen LogP contribution in [0, 0.1) is 6.92 Å². The number of nitrogens with zero attached hydrogens (tertiary/aromatic N) is 2. The number of hydrogen-bond donors (Lipinski definition) is 0. The standard InChI is InChI=1S/C15H11ClN2O3/c1-9-14(18-21-17-9)8-20-15-10(7-19)6-13(16)11-4-2-3-5-12(11)15/h2-7H,8H2,1H3. The van der Waals surface area contributed by atoms with Gasteiger partial charge < -0.3 is 4.74 Å². The predicted octanol–water partition coefficient (Wildman–Crippen LogP) is 3.58. The van der Waals surface area contributed by atoms with Crippen LogP contribution in [0.25, 0.3) is 10.8 Å². The molecule has 0 aliphatic heterocycles. The number of halogens is 1. The summed E-state index contributed by atoms with van der Waals surface area (Å²) in [5.74, 6) is 0.479. The zero-order chi connectivity index (χ0) is 14.8. The summed E-state index contributed by atoms with van der Waals surface area (Å²) >= 11 is 6.19. The zero-order valence-electron chi connectivity index (χ0n) is 11.2. The van der Waals surface area contributed by atoms with Crippen LogP contribution in [0.5, 0.6) is 5.75 Å². The van der Waals surface area contributed by atoms with E-state index < -0.39 is 0 Å². The Labute approximate surface area is 125 Å². The van der Waals surface area contributed by atoms with Crippen molar-refractivity contribution in [2.45, 2.75) is 13.5 Å². The second kappa shape index (κ2) is 5.54. The van der Waals surface area contributed by atoms with Crippen molar-refractivity contribution in [3.8, 4) is 5.75 Å². The lowest BCUT2D eigenvalue weighted by Crippen LogP contribution is -2.01. The van der Waals surface area contributed by atoms with E-state index in [1.54, 1.807) is 13.0 Å². The van der Waals surface area contributed by atoms with Gasteiger partial charge in [-0.3, -0.25) is 4.79 Å². The highest BCUT2D eigenvalue weighted by atomic mass is 35.5. The Hall–Kier alpha value is -2.40. The molecule has 0 aliphatic carbocycles. The summed E-state index contributed by atoms with van der Waals surface area (Å²) < 4.78 is 10.4. The van der Waals surface area contributed by atoms with Gasteiger partial charge in [-0.25, -0.2) is 4.63 Å². The normalized spacial score (nSPS) is 10.8. The van der Waals surface area contributed by atoms with E-state index in [2.05, 4.69) is 14.9 Å². The molecular formula is C15H11ClN2O3. The lowest BCUT2D eigenvalue weighted by Gasteiger charge is -2.12. The first kappa shape index (κ1) is 13.6. The minimum Gasteiger partial charge on any atom is -0.486 e. The fourth-order valence-corrected chi connectivity index (χ4v) is 2.38. The molecule has 6 heteroatoms. The van der Waals surface area contributed by atoms with Crippen molar-refractivity contribution < 1.29 is 14.2 Å². The lowest BCUT2D eigenvalue weighted by atomic mass is 10.1. The Morgan fingerprint density at radius 3 is 2.71 bits per heavy atom. The van der Waals surface area contributed by atoms with E-state index in [9.17, 15) is 4.79 Å². The van der Waals surface area contributed by atoms with Gasteiger partial charge in [-0.15, -0.1) is 0 Å². The summed E-state index contributed by atoms with van der Waals surface area (Å²) in [4.78, 5) is 11.3. The maximum Gasteiger partial charge on any atom is 0.153 e. The zero-order valence-corrected chi connectivity index (χ0v) is 11.9. The first-order chi connectivity index (χ1) is 10.2. The highest BCUT2D eigenvalue weighted by molar-refractivity contribution is 6.36. The van der Waals surface area contributed by atoms with Gasteiger partial charge in [0.25, 0.3) is 0 Å². The first-order valence-electron chi connectivity index (χ1n) is 6.28.